The predicted octanol–water partition coefficient (Wildman–Crippen LogP) is 1.52. The lowest BCUT2D eigenvalue weighted by atomic mass is 10.1. The zero-order chi connectivity index (χ0) is 10.2. The monoisotopic (exact) mass is 201 g/mol. The summed E-state index contributed by atoms with van der Waals surface area (Å²) in [5.41, 5.74) is 0. The minimum absolute atomic E-state index is 0.459. The van der Waals surface area contributed by atoms with Crippen LogP contribution in [0.5, 0.6) is 0 Å². The molecule has 84 valence electrons. The molecule has 0 spiro atoms. The molecule has 0 aliphatic carbocycles. The number of morpholine rings is 1. The molecule has 1 rings (SSSR count). The lowest BCUT2D eigenvalue weighted by molar-refractivity contribution is -0.0317. The normalized spacial score (nSPS) is 24.0. The highest BCUT2D eigenvalue weighted by molar-refractivity contribution is 4.70. The van der Waals surface area contributed by atoms with Gasteiger partial charge in [0.25, 0.3) is 0 Å². The Kier molecular flexibility index (Phi) is 6.15. The maximum absolute atomic E-state index is 5.71. The number of hydrogen-bond acceptors (Lipinski definition) is 3. The van der Waals surface area contributed by atoms with Gasteiger partial charge in [-0.05, 0) is 25.8 Å². The molecule has 0 bridgehead atoms. The number of nitrogens with zero attached hydrogens (tertiary/aromatic N) is 1. The van der Waals surface area contributed by atoms with Crippen molar-refractivity contribution in [1.82, 2.24) is 4.90 Å². The van der Waals surface area contributed by atoms with Gasteiger partial charge in [0.05, 0.1) is 12.7 Å². The van der Waals surface area contributed by atoms with Crippen LogP contribution in [0.2, 0.25) is 0 Å². The zero-order valence-corrected chi connectivity index (χ0v) is 9.50. The highest BCUT2D eigenvalue weighted by atomic mass is 16.5. The lowest BCUT2D eigenvalue weighted by Gasteiger charge is -2.32. The van der Waals surface area contributed by atoms with Crippen LogP contribution in [0.3, 0.4) is 0 Å². The summed E-state index contributed by atoms with van der Waals surface area (Å²) in [5.74, 6) is 0. The Hall–Kier alpha value is -0.120. The smallest absolute Gasteiger partial charge is 0.0702 e. The molecule has 0 aromatic carbocycles. The fraction of sp³-hybridized carbons (Fsp3) is 1.00. The number of likely N-dealkylation sites (N-methyl/N-ethyl adjacent to an activating group) is 1. The second kappa shape index (κ2) is 7.21. The fourth-order valence-corrected chi connectivity index (χ4v) is 1.86. The van der Waals surface area contributed by atoms with E-state index in [0.717, 1.165) is 39.3 Å². The number of unbranched alkanes of at least 4 members (excludes halogenated alkanes) is 1. The van der Waals surface area contributed by atoms with E-state index in [9.17, 15) is 0 Å². The number of hydrogen-bond donors (Lipinski definition) is 0. The van der Waals surface area contributed by atoms with Crippen LogP contribution in [0.25, 0.3) is 0 Å². The molecular formula is C11H23NO2. The number of ether oxygens (including phenoxy) is 2. The van der Waals surface area contributed by atoms with E-state index in [1.807, 2.05) is 0 Å². The summed E-state index contributed by atoms with van der Waals surface area (Å²) in [6, 6.07) is 0. The van der Waals surface area contributed by atoms with Gasteiger partial charge in [-0.2, -0.15) is 0 Å². The Morgan fingerprint density at radius 3 is 3.00 bits per heavy atom. The number of rotatable bonds is 6. The van der Waals surface area contributed by atoms with Crippen LogP contribution in [-0.4, -0.2) is 51.0 Å². The van der Waals surface area contributed by atoms with Crippen molar-refractivity contribution in [3.8, 4) is 0 Å². The second-order valence-electron chi connectivity index (χ2n) is 3.87. The third kappa shape index (κ3) is 4.40. The summed E-state index contributed by atoms with van der Waals surface area (Å²) >= 11 is 0. The first-order valence-electron chi connectivity index (χ1n) is 5.69. The maximum atomic E-state index is 5.71. The van der Waals surface area contributed by atoms with Crippen molar-refractivity contribution in [2.75, 3.05) is 40.0 Å². The standard InChI is InChI=1S/C11H23NO2/c1-3-12-7-9-14-11(10-12)6-4-5-8-13-2/h11H,3-10H2,1-2H3. The molecule has 3 nitrogen and oxygen atoms in total. The van der Waals surface area contributed by atoms with Crippen molar-refractivity contribution in [3.05, 3.63) is 0 Å². The van der Waals surface area contributed by atoms with Crippen molar-refractivity contribution in [3.63, 3.8) is 0 Å². The van der Waals surface area contributed by atoms with Crippen LogP contribution < -0.4 is 0 Å². The van der Waals surface area contributed by atoms with E-state index in [0.29, 0.717) is 6.10 Å². The molecule has 14 heavy (non-hydrogen) atoms. The van der Waals surface area contributed by atoms with E-state index in [2.05, 4.69) is 11.8 Å². The third-order valence-corrected chi connectivity index (χ3v) is 2.79. The van der Waals surface area contributed by atoms with Crippen LogP contribution >= 0.6 is 0 Å². The Balaban J connectivity index is 2.05. The summed E-state index contributed by atoms with van der Waals surface area (Å²) < 4.78 is 10.7. The first kappa shape index (κ1) is 12.0. The summed E-state index contributed by atoms with van der Waals surface area (Å²) in [4.78, 5) is 2.46. The molecule has 0 amide bonds. The Bertz CT molecular complexity index is 141. The van der Waals surface area contributed by atoms with Gasteiger partial charge in [-0.25, -0.2) is 0 Å². The molecule has 1 heterocycles. The molecule has 0 aromatic rings. The predicted molar refractivity (Wildman–Crippen MR) is 57.6 cm³/mol. The average Bonchev–Trinajstić information content (AvgIpc) is 2.25. The van der Waals surface area contributed by atoms with Crippen molar-refractivity contribution in [1.29, 1.82) is 0 Å². The first-order chi connectivity index (χ1) is 6.86. The summed E-state index contributed by atoms with van der Waals surface area (Å²) in [5, 5.41) is 0. The van der Waals surface area contributed by atoms with Gasteiger partial charge in [0.15, 0.2) is 0 Å². The highest BCUT2D eigenvalue weighted by Crippen LogP contribution is 2.11. The molecule has 1 saturated heterocycles. The van der Waals surface area contributed by atoms with Crippen molar-refractivity contribution in [2.24, 2.45) is 0 Å². The Morgan fingerprint density at radius 2 is 2.29 bits per heavy atom. The van der Waals surface area contributed by atoms with Crippen LogP contribution in [0.4, 0.5) is 0 Å². The molecular weight excluding hydrogens is 178 g/mol. The molecule has 0 aromatic heterocycles. The van der Waals surface area contributed by atoms with Crippen molar-refractivity contribution < 1.29 is 9.47 Å². The molecule has 0 N–H and O–H groups in total. The SMILES string of the molecule is CCN1CCOC(CCCCOC)C1. The molecule has 1 fully saturated rings. The van der Waals surface area contributed by atoms with E-state index in [-0.39, 0.29) is 0 Å². The van der Waals surface area contributed by atoms with E-state index in [1.54, 1.807) is 7.11 Å². The second-order valence-corrected chi connectivity index (χ2v) is 3.87. The minimum atomic E-state index is 0.459. The maximum Gasteiger partial charge on any atom is 0.0702 e. The number of methoxy groups -OCH3 is 1. The molecule has 3 heteroatoms. The first-order valence-corrected chi connectivity index (χ1v) is 5.69. The third-order valence-electron chi connectivity index (χ3n) is 2.79. The summed E-state index contributed by atoms with van der Waals surface area (Å²) in [6.45, 7) is 7.37. The van der Waals surface area contributed by atoms with Gasteiger partial charge in [-0.1, -0.05) is 6.92 Å². The van der Waals surface area contributed by atoms with Crippen LogP contribution in [0.15, 0.2) is 0 Å². The van der Waals surface area contributed by atoms with E-state index in [4.69, 9.17) is 9.47 Å². The topological polar surface area (TPSA) is 21.7 Å². The summed E-state index contributed by atoms with van der Waals surface area (Å²) in [7, 11) is 1.76. The average molecular weight is 201 g/mol. The quantitative estimate of drug-likeness (QED) is 0.608. The summed E-state index contributed by atoms with van der Waals surface area (Å²) in [6.07, 6.45) is 4.01. The van der Waals surface area contributed by atoms with Gasteiger partial charge < -0.3 is 9.47 Å². The van der Waals surface area contributed by atoms with Gasteiger partial charge >= 0.3 is 0 Å². The zero-order valence-electron chi connectivity index (χ0n) is 9.50. The molecule has 1 unspecified atom stereocenters. The molecule has 1 atom stereocenters. The minimum Gasteiger partial charge on any atom is -0.385 e. The van der Waals surface area contributed by atoms with Gasteiger partial charge in [0.1, 0.15) is 0 Å². The lowest BCUT2D eigenvalue weighted by Crippen LogP contribution is -2.42. The van der Waals surface area contributed by atoms with Gasteiger partial charge in [0, 0.05) is 26.8 Å². The molecule has 1 aliphatic heterocycles. The highest BCUT2D eigenvalue weighted by Gasteiger charge is 2.18. The van der Waals surface area contributed by atoms with E-state index in [1.165, 1.54) is 12.8 Å². The van der Waals surface area contributed by atoms with Crippen molar-refractivity contribution >= 4 is 0 Å². The van der Waals surface area contributed by atoms with E-state index < -0.39 is 0 Å². The van der Waals surface area contributed by atoms with Gasteiger partial charge in [-0.15, -0.1) is 0 Å². The van der Waals surface area contributed by atoms with Crippen LogP contribution in [0.1, 0.15) is 26.2 Å². The Morgan fingerprint density at radius 1 is 1.43 bits per heavy atom. The van der Waals surface area contributed by atoms with Crippen LogP contribution in [-0.2, 0) is 9.47 Å². The van der Waals surface area contributed by atoms with Crippen LogP contribution in [0, 0.1) is 0 Å². The van der Waals surface area contributed by atoms with E-state index >= 15 is 0 Å². The molecule has 0 saturated carbocycles. The molecule has 0 radical (unpaired) electrons. The van der Waals surface area contributed by atoms with Gasteiger partial charge in [0.2, 0.25) is 0 Å². The largest absolute Gasteiger partial charge is 0.385 e. The molecule has 1 aliphatic rings. The van der Waals surface area contributed by atoms with Crippen molar-refractivity contribution in [2.45, 2.75) is 32.3 Å². The fourth-order valence-electron chi connectivity index (χ4n) is 1.86. The van der Waals surface area contributed by atoms with Gasteiger partial charge in [-0.3, -0.25) is 4.90 Å². The Labute approximate surface area is 87.4 Å².